The first-order chi connectivity index (χ1) is 15.1. The van der Waals surface area contributed by atoms with E-state index < -0.39 is 15.6 Å². The predicted molar refractivity (Wildman–Crippen MR) is 125 cm³/mol. The third-order valence-electron chi connectivity index (χ3n) is 6.55. The van der Waals surface area contributed by atoms with Gasteiger partial charge in [0, 0.05) is 31.1 Å². The molecule has 4 heterocycles. The SMILES string of the molecule is Cc1sc2ncn(CC(=O)N3CCCC(C)C3)c(=O)c2c1S(=O)(=O)N1CC(C)CC(C)C1. The highest BCUT2D eigenvalue weighted by molar-refractivity contribution is 7.89. The van der Waals surface area contributed by atoms with Crippen LogP contribution in [0.1, 0.15) is 44.9 Å². The fourth-order valence-electron chi connectivity index (χ4n) is 5.13. The number of fused-ring (bicyclic) bond motifs is 1. The van der Waals surface area contributed by atoms with Crippen molar-refractivity contribution in [3.63, 3.8) is 0 Å². The fourth-order valence-corrected chi connectivity index (χ4v) is 8.48. The predicted octanol–water partition coefficient (Wildman–Crippen LogP) is 2.69. The molecule has 3 unspecified atom stereocenters. The fraction of sp³-hybridized carbons (Fsp3) is 0.682. The number of hydrogen-bond donors (Lipinski definition) is 0. The molecule has 0 aliphatic carbocycles. The van der Waals surface area contributed by atoms with Gasteiger partial charge in [-0.3, -0.25) is 14.2 Å². The minimum atomic E-state index is -3.84. The van der Waals surface area contributed by atoms with Crippen LogP contribution < -0.4 is 5.56 Å². The Hall–Kier alpha value is -1.78. The molecule has 2 aliphatic rings. The van der Waals surface area contributed by atoms with E-state index in [1.54, 1.807) is 11.8 Å². The first-order valence-corrected chi connectivity index (χ1v) is 13.6. The van der Waals surface area contributed by atoms with Crippen molar-refractivity contribution in [2.75, 3.05) is 26.2 Å². The van der Waals surface area contributed by atoms with Gasteiger partial charge in [-0.2, -0.15) is 4.31 Å². The summed E-state index contributed by atoms with van der Waals surface area (Å²) in [4.78, 5) is 33.4. The van der Waals surface area contributed by atoms with Crippen LogP contribution in [0.3, 0.4) is 0 Å². The van der Waals surface area contributed by atoms with Crippen molar-refractivity contribution in [3.8, 4) is 0 Å². The van der Waals surface area contributed by atoms with Crippen LogP contribution in [0.25, 0.3) is 10.2 Å². The molecule has 0 radical (unpaired) electrons. The average Bonchev–Trinajstić information content (AvgIpc) is 3.07. The molecule has 10 heteroatoms. The molecule has 32 heavy (non-hydrogen) atoms. The second kappa shape index (κ2) is 8.87. The molecule has 0 spiro atoms. The Kier molecular flexibility index (Phi) is 6.48. The minimum Gasteiger partial charge on any atom is -0.341 e. The molecule has 3 atom stereocenters. The van der Waals surface area contributed by atoms with Crippen LogP contribution >= 0.6 is 11.3 Å². The molecule has 8 nitrogen and oxygen atoms in total. The van der Waals surface area contributed by atoms with Crippen molar-refractivity contribution in [2.45, 2.75) is 58.4 Å². The van der Waals surface area contributed by atoms with E-state index in [0.29, 0.717) is 41.8 Å². The molecule has 0 bridgehead atoms. The number of carbonyl (C=O) groups is 1. The van der Waals surface area contributed by atoms with Crippen molar-refractivity contribution in [1.82, 2.24) is 18.8 Å². The topological polar surface area (TPSA) is 92.6 Å². The third kappa shape index (κ3) is 4.36. The molecule has 2 aromatic heterocycles. The number of carbonyl (C=O) groups excluding carboxylic acids is 1. The lowest BCUT2D eigenvalue weighted by atomic mass is 9.94. The van der Waals surface area contributed by atoms with Gasteiger partial charge in [0.05, 0.1) is 11.7 Å². The highest BCUT2D eigenvalue weighted by atomic mass is 32.2. The Morgan fingerprint density at radius 1 is 1.16 bits per heavy atom. The summed E-state index contributed by atoms with van der Waals surface area (Å²) < 4.78 is 30.0. The van der Waals surface area contributed by atoms with Gasteiger partial charge in [-0.1, -0.05) is 20.8 Å². The Labute approximate surface area is 193 Å². The van der Waals surface area contributed by atoms with Crippen molar-refractivity contribution >= 4 is 37.5 Å². The van der Waals surface area contributed by atoms with Crippen molar-refractivity contribution in [3.05, 3.63) is 21.6 Å². The number of piperidine rings is 2. The Morgan fingerprint density at radius 2 is 1.84 bits per heavy atom. The van der Waals surface area contributed by atoms with Gasteiger partial charge in [-0.05, 0) is 43.9 Å². The van der Waals surface area contributed by atoms with E-state index in [1.807, 2.05) is 0 Å². The number of thiophene rings is 1. The summed E-state index contributed by atoms with van der Waals surface area (Å²) in [6.45, 7) is 10.1. The van der Waals surface area contributed by atoms with Gasteiger partial charge in [0.1, 0.15) is 16.3 Å². The van der Waals surface area contributed by atoms with Gasteiger partial charge in [0.2, 0.25) is 15.9 Å². The molecule has 2 saturated heterocycles. The first kappa shape index (κ1) is 23.4. The van der Waals surface area contributed by atoms with E-state index >= 15 is 0 Å². The summed E-state index contributed by atoms with van der Waals surface area (Å²) in [5.41, 5.74) is -0.463. The normalized spacial score (nSPS) is 25.4. The highest BCUT2D eigenvalue weighted by Crippen LogP contribution is 2.35. The summed E-state index contributed by atoms with van der Waals surface area (Å²) in [7, 11) is -3.84. The highest BCUT2D eigenvalue weighted by Gasteiger charge is 2.36. The lowest BCUT2D eigenvalue weighted by Crippen LogP contribution is -2.43. The second-order valence-corrected chi connectivity index (χ2v) is 12.8. The number of likely N-dealkylation sites (tertiary alicyclic amines) is 1. The second-order valence-electron chi connectivity index (χ2n) is 9.70. The molecule has 176 valence electrons. The Balaban J connectivity index is 1.71. The number of aryl methyl sites for hydroxylation is 1. The van der Waals surface area contributed by atoms with Gasteiger partial charge in [-0.15, -0.1) is 11.3 Å². The quantitative estimate of drug-likeness (QED) is 0.671. The van der Waals surface area contributed by atoms with Gasteiger partial charge in [0.15, 0.2) is 0 Å². The van der Waals surface area contributed by atoms with E-state index in [4.69, 9.17) is 0 Å². The molecule has 1 amide bonds. The van der Waals surface area contributed by atoms with Gasteiger partial charge >= 0.3 is 0 Å². The van der Waals surface area contributed by atoms with E-state index in [1.165, 1.54) is 26.5 Å². The molecule has 0 saturated carbocycles. The number of sulfonamides is 1. The van der Waals surface area contributed by atoms with Crippen LogP contribution in [-0.2, 0) is 21.4 Å². The van der Waals surface area contributed by atoms with Gasteiger partial charge in [0.25, 0.3) is 5.56 Å². The van der Waals surface area contributed by atoms with E-state index in [-0.39, 0.29) is 34.6 Å². The molecule has 2 fully saturated rings. The minimum absolute atomic E-state index is 0.0599. The van der Waals surface area contributed by atoms with Crippen LogP contribution in [0.2, 0.25) is 0 Å². The molecule has 4 rings (SSSR count). The average molecular weight is 481 g/mol. The zero-order chi connectivity index (χ0) is 23.2. The summed E-state index contributed by atoms with van der Waals surface area (Å²) in [5, 5.41) is 0.112. The van der Waals surface area contributed by atoms with Crippen LogP contribution in [0, 0.1) is 24.7 Å². The molecular formula is C22H32N4O4S2. The Bertz CT molecular complexity index is 1180. The molecular weight excluding hydrogens is 448 g/mol. The standard InChI is InChI=1S/C22H32N4O4S2/c1-14-6-5-7-24(9-14)18(27)12-25-13-23-21-19(22(25)28)20(17(4)31-21)32(29,30)26-10-15(2)8-16(3)11-26/h13-16H,5-12H2,1-4H3. The monoisotopic (exact) mass is 480 g/mol. The summed E-state index contributed by atoms with van der Waals surface area (Å²) in [6.07, 6.45) is 4.41. The number of hydrogen-bond acceptors (Lipinski definition) is 6. The number of rotatable bonds is 4. The smallest absolute Gasteiger partial charge is 0.263 e. The Morgan fingerprint density at radius 3 is 2.50 bits per heavy atom. The van der Waals surface area contributed by atoms with Crippen LogP contribution in [-0.4, -0.2) is 59.3 Å². The number of aromatic nitrogens is 2. The largest absolute Gasteiger partial charge is 0.341 e. The first-order valence-electron chi connectivity index (χ1n) is 11.3. The van der Waals surface area contributed by atoms with Crippen LogP contribution in [0.5, 0.6) is 0 Å². The zero-order valence-corrected chi connectivity index (χ0v) is 20.8. The summed E-state index contributed by atoms with van der Waals surface area (Å²) in [5.74, 6) is 0.835. The van der Waals surface area contributed by atoms with Crippen LogP contribution in [0.15, 0.2) is 16.0 Å². The number of amides is 1. The molecule has 0 N–H and O–H groups in total. The van der Waals surface area contributed by atoms with Crippen LogP contribution in [0.4, 0.5) is 0 Å². The lowest BCUT2D eigenvalue weighted by Gasteiger charge is -2.34. The van der Waals surface area contributed by atoms with Crippen molar-refractivity contribution < 1.29 is 13.2 Å². The van der Waals surface area contributed by atoms with Gasteiger partial charge in [-0.25, -0.2) is 13.4 Å². The van der Waals surface area contributed by atoms with E-state index in [2.05, 4.69) is 25.8 Å². The molecule has 0 aromatic carbocycles. The maximum absolute atomic E-state index is 13.6. The maximum atomic E-state index is 13.6. The third-order valence-corrected chi connectivity index (χ3v) is 9.69. The molecule has 2 aromatic rings. The van der Waals surface area contributed by atoms with Crippen molar-refractivity contribution in [2.24, 2.45) is 17.8 Å². The zero-order valence-electron chi connectivity index (χ0n) is 19.2. The summed E-state index contributed by atoms with van der Waals surface area (Å²) in [6, 6.07) is 0. The maximum Gasteiger partial charge on any atom is 0.263 e. The number of nitrogens with zero attached hydrogens (tertiary/aromatic N) is 4. The van der Waals surface area contributed by atoms with Crippen molar-refractivity contribution in [1.29, 1.82) is 0 Å². The van der Waals surface area contributed by atoms with Gasteiger partial charge < -0.3 is 4.90 Å². The lowest BCUT2D eigenvalue weighted by molar-refractivity contribution is -0.133. The summed E-state index contributed by atoms with van der Waals surface area (Å²) >= 11 is 1.22. The van der Waals surface area contributed by atoms with E-state index in [0.717, 1.165) is 19.3 Å². The molecule has 2 aliphatic heterocycles. The van der Waals surface area contributed by atoms with E-state index in [9.17, 15) is 18.0 Å².